The molecule has 4 heteroatoms. The molecular weight excluding hydrogens is 263 g/mol. The summed E-state index contributed by atoms with van der Waals surface area (Å²) in [6.45, 7) is 1.03. The predicted molar refractivity (Wildman–Crippen MR) is 75.4 cm³/mol. The Morgan fingerprint density at radius 2 is 1.79 bits per heavy atom. The molecule has 19 heavy (non-hydrogen) atoms. The Morgan fingerprint density at radius 3 is 2.42 bits per heavy atom. The average molecular weight is 278 g/mol. The number of benzene rings is 2. The molecule has 0 amide bonds. The number of rotatable bonds is 5. The van der Waals surface area contributed by atoms with Crippen LogP contribution in [0.2, 0.25) is 0 Å². The molecule has 2 nitrogen and oxygen atoms in total. The summed E-state index contributed by atoms with van der Waals surface area (Å²) >= 11 is 0. The molecule has 0 aliphatic carbocycles. The van der Waals surface area contributed by atoms with Gasteiger partial charge in [-0.1, -0.05) is 37.3 Å². The van der Waals surface area contributed by atoms with Crippen LogP contribution in [0.15, 0.2) is 53.4 Å². The molecule has 0 aliphatic rings. The standard InChI is InChI=1S/C15H15FO2S/c1-2-19(17)13-9-7-12(8-10-13)14-5-3-4-6-15(14)18-11-16/h3-10H,2,11H2,1H3. The Bertz CT molecular complexity index is 567. The molecule has 100 valence electrons. The van der Waals surface area contributed by atoms with Crippen LogP contribution >= 0.6 is 0 Å². The van der Waals surface area contributed by atoms with Gasteiger partial charge in [0.25, 0.3) is 0 Å². The van der Waals surface area contributed by atoms with Crippen LogP contribution in [0.5, 0.6) is 5.75 Å². The summed E-state index contributed by atoms with van der Waals surface area (Å²) in [7, 11) is -0.955. The van der Waals surface area contributed by atoms with Gasteiger partial charge in [-0.25, -0.2) is 4.39 Å². The number of alkyl halides is 1. The highest BCUT2D eigenvalue weighted by molar-refractivity contribution is 7.85. The molecule has 0 saturated heterocycles. The summed E-state index contributed by atoms with van der Waals surface area (Å²) in [5.41, 5.74) is 1.75. The number of halogens is 1. The van der Waals surface area contributed by atoms with Crippen molar-refractivity contribution in [2.45, 2.75) is 11.8 Å². The van der Waals surface area contributed by atoms with E-state index in [0.29, 0.717) is 11.5 Å². The molecule has 0 N–H and O–H groups in total. The van der Waals surface area contributed by atoms with Crippen molar-refractivity contribution in [2.75, 3.05) is 12.6 Å². The minimum atomic E-state index is -0.955. The summed E-state index contributed by atoms with van der Waals surface area (Å²) in [5, 5.41) is 0. The highest BCUT2D eigenvalue weighted by Gasteiger charge is 2.07. The van der Waals surface area contributed by atoms with E-state index in [1.54, 1.807) is 12.1 Å². The largest absolute Gasteiger partial charge is 0.462 e. The zero-order valence-electron chi connectivity index (χ0n) is 10.6. The minimum Gasteiger partial charge on any atom is -0.462 e. The molecule has 0 heterocycles. The molecule has 0 fully saturated rings. The van der Waals surface area contributed by atoms with Crippen LogP contribution < -0.4 is 4.74 Å². The second-order valence-electron chi connectivity index (χ2n) is 3.91. The van der Waals surface area contributed by atoms with Gasteiger partial charge in [0, 0.05) is 16.2 Å². The van der Waals surface area contributed by atoms with Crippen molar-refractivity contribution in [2.24, 2.45) is 0 Å². The van der Waals surface area contributed by atoms with E-state index in [4.69, 9.17) is 4.74 Å². The quantitative estimate of drug-likeness (QED) is 0.832. The van der Waals surface area contributed by atoms with E-state index in [1.165, 1.54) is 0 Å². The number of para-hydroxylation sites is 1. The van der Waals surface area contributed by atoms with Gasteiger partial charge in [-0.3, -0.25) is 4.21 Å². The number of ether oxygens (including phenoxy) is 1. The van der Waals surface area contributed by atoms with Crippen LogP contribution in [-0.4, -0.2) is 16.8 Å². The topological polar surface area (TPSA) is 26.3 Å². The smallest absolute Gasteiger partial charge is 0.228 e. The van der Waals surface area contributed by atoms with Crippen molar-refractivity contribution in [3.63, 3.8) is 0 Å². The maximum Gasteiger partial charge on any atom is 0.228 e. The van der Waals surface area contributed by atoms with Crippen molar-refractivity contribution in [1.29, 1.82) is 0 Å². The van der Waals surface area contributed by atoms with Gasteiger partial charge in [-0.15, -0.1) is 0 Å². The second kappa shape index (κ2) is 6.48. The van der Waals surface area contributed by atoms with Crippen molar-refractivity contribution in [3.05, 3.63) is 48.5 Å². The average Bonchev–Trinajstić information content (AvgIpc) is 2.47. The van der Waals surface area contributed by atoms with Crippen molar-refractivity contribution < 1.29 is 13.3 Å². The van der Waals surface area contributed by atoms with Crippen molar-refractivity contribution in [3.8, 4) is 16.9 Å². The third-order valence-corrected chi connectivity index (χ3v) is 4.11. The van der Waals surface area contributed by atoms with Gasteiger partial charge in [-0.2, -0.15) is 0 Å². The number of hydrogen-bond acceptors (Lipinski definition) is 2. The molecule has 0 radical (unpaired) electrons. The Hall–Kier alpha value is -1.68. The summed E-state index contributed by atoms with van der Waals surface area (Å²) in [6, 6.07) is 14.7. The molecule has 0 aromatic heterocycles. The Kier molecular flexibility index (Phi) is 4.68. The molecular formula is C15H15FO2S. The van der Waals surface area contributed by atoms with Crippen molar-refractivity contribution in [1.82, 2.24) is 0 Å². The molecule has 0 aliphatic heterocycles. The second-order valence-corrected chi connectivity index (χ2v) is 5.65. The van der Waals surface area contributed by atoms with Gasteiger partial charge in [0.1, 0.15) is 5.75 Å². The fraction of sp³-hybridized carbons (Fsp3) is 0.200. The van der Waals surface area contributed by atoms with Gasteiger partial charge in [0.05, 0.1) is 10.8 Å². The SMILES string of the molecule is CCS(=O)c1ccc(-c2ccccc2OCF)cc1. The van der Waals surface area contributed by atoms with E-state index in [1.807, 2.05) is 43.3 Å². The first-order chi connectivity index (χ1) is 9.26. The highest BCUT2D eigenvalue weighted by atomic mass is 32.2. The van der Waals surface area contributed by atoms with Crippen LogP contribution in [-0.2, 0) is 10.8 Å². The molecule has 0 bridgehead atoms. The van der Waals surface area contributed by atoms with Crippen LogP contribution in [0.4, 0.5) is 4.39 Å². The third kappa shape index (κ3) is 3.20. The van der Waals surface area contributed by atoms with E-state index in [-0.39, 0.29) is 0 Å². The first kappa shape index (κ1) is 13.7. The summed E-state index contributed by atoms with van der Waals surface area (Å²) in [6.07, 6.45) is 0. The predicted octanol–water partition coefficient (Wildman–Crippen LogP) is 3.79. The lowest BCUT2D eigenvalue weighted by molar-refractivity contribution is 0.192. The van der Waals surface area contributed by atoms with Crippen LogP contribution in [0.25, 0.3) is 11.1 Å². The monoisotopic (exact) mass is 278 g/mol. The molecule has 0 spiro atoms. The van der Waals surface area contributed by atoms with Gasteiger partial charge >= 0.3 is 0 Å². The molecule has 2 rings (SSSR count). The molecule has 2 aromatic carbocycles. The van der Waals surface area contributed by atoms with Crippen LogP contribution in [0.3, 0.4) is 0 Å². The summed E-state index contributed by atoms with van der Waals surface area (Å²) < 4.78 is 29.0. The van der Waals surface area contributed by atoms with E-state index in [9.17, 15) is 8.60 Å². The van der Waals surface area contributed by atoms with Crippen LogP contribution in [0.1, 0.15) is 6.92 Å². The maximum atomic E-state index is 12.3. The van der Waals surface area contributed by atoms with Gasteiger partial charge in [0.15, 0.2) is 0 Å². The zero-order chi connectivity index (χ0) is 13.7. The van der Waals surface area contributed by atoms with E-state index in [2.05, 4.69) is 0 Å². The Balaban J connectivity index is 2.34. The third-order valence-electron chi connectivity index (χ3n) is 2.79. The van der Waals surface area contributed by atoms with E-state index < -0.39 is 17.7 Å². The van der Waals surface area contributed by atoms with Gasteiger partial charge in [-0.05, 0) is 23.8 Å². The lowest BCUT2D eigenvalue weighted by atomic mass is 10.1. The van der Waals surface area contributed by atoms with Crippen molar-refractivity contribution >= 4 is 10.8 Å². The van der Waals surface area contributed by atoms with Crippen LogP contribution in [0, 0.1) is 0 Å². The van der Waals surface area contributed by atoms with E-state index in [0.717, 1.165) is 16.0 Å². The normalized spacial score (nSPS) is 12.1. The fourth-order valence-corrected chi connectivity index (χ4v) is 2.62. The Labute approximate surface area is 114 Å². The van der Waals surface area contributed by atoms with Gasteiger partial charge < -0.3 is 4.74 Å². The highest BCUT2D eigenvalue weighted by Crippen LogP contribution is 2.30. The zero-order valence-corrected chi connectivity index (χ0v) is 11.5. The molecule has 2 aromatic rings. The Morgan fingerprint density at radius 1 is 1.11 bits per heavy atom. The summed E-state index contributed by atoms with van der Waals surface area (Å²) in [4.78, 5) is 0.801. The fourth-order valence-electron chi connectivity index (χ4n) is 1.84. The number of hydrogen-bond donors (Lipinski definition) is 0. The summed E-state index contributed by atoms with van der Waals surface area (Å²) in [5.74, 6) is 1.11. The molecule has 1 unspecified atom stereocenters. The van der Waals surface area contributed by atoms with E-state index >= 15 is 0 Å². The molecule has 0 saturated carbocycles. The maximum absolute atomic E-state index is 12.3. The minimum absolute atomic E-state index is 0.509. The lowest BCUT2D eigenvalue weighted by Gasteiger charge is -2.09. The first-order valence-corrected chi connectivity index (χ1v) is 7.34. The lowest BCUT2D eigenvalue weighted by Crippen LogP contribution is -1.95. The van der Waals surface area contributed by atoms with Gasteiger partial charge in [0.2, 0.25) is 6.86 Å². The molecule has 1 atom stereocenters. The first-order valence-electron chi connectivity index (χ1n) is 6.03.